The number of ether oxygens (including phenoxy) is 1. The summed E-state index contributed by atoms with van der Waals surface area (Å²) in [7, 11) is -3.56. The lowest BCUT2D eigenvalue weighted by atomic mass is 10.2. The van der Waals surface area contributed by atoms with Crippen LogP contribution in [-0.4, -0.2) is 26.5 Å². The number of benzene rings is 2. The number of hydrogen-bond donors (Lipinski definition) is 2. The molecule has 2 N–H and O–H groups in total. The van der Waals surface area contributed by atoms with Crippen LogP contribution in [0.5, 0.6) is 5.75 Å². The number of nitrogens with one attached hydrogen (secondary N) is 2. The first-order chi connectivity index (χ1) is 12.7. The zero-order valence-corrected chi connectivity index (χ0v) is 16.8. The Morgan fingerprint density at radius 2 is 1.63 bits per heavy atom. The smallest absolute Gasteiger partial charge is 0.265 e. The van der Waals surface area contributed by atoms with Crippen LogP contribution in [0.1, 0.15) is 32.8 Å². The maximum Gasteiger partial charge on any atom is 0.265 e. The van der Waals surface area contributed by atoms with Gasteiger partial charge in [-0.1, -0.05) is 24.6 Å². The average Bonchev–Trinajstić information content (AvgIpc) is 2.63. The van der Waals surface area contributed by atoms with Gasteiger partial charge in [0.25, 0.3) is 5.91 Å². The topological polar surface area (TPSA) is 84.5 Å². The largest absolute Gasteiger partial charge is 0.481 e. The van der Waals surface area contributed by atoms with Crippen molar-refractivity contribution in [3.63, 3.8) is 0 Å². The summed E-state index contributed by atoms with van der Waals surface area (Å²) in [5, 5.41) is 2.72. The van der Waals surface area contributed by atoms with E-state index in [1.54, 1.807) is 19.1 Å². The molecule has 146 valence electrons. The molecule has 0 radical (unpaired) electrons. The number of sulfonamides is 1. The van der Waals surface area contributed by atoms with Crippen molar-refractivity contribution >= 4 is 21.6 Å². The van der Waals surface area contributed by atoms with Crippen LogP contribution in [0.3, 0.4) is 0 Å². The van der Waals surface area contributed by atoms with Gasteiger partial charge < -0.3 is 10.1 Å². The van der Waals surface area contributed by atoms with Gasteiger partial charge in [-0.05, 0) is 63.6 Å². The summed E-state index contributed by atoms with van der Waals surface area (Å²) in [5.74, 6) is 0.296. The number of aryl methyl sites for hydroxylation is 1. The molecular weight excluding hydrogens is 364 g/mol. The number of rotatable bonds is 8. The van der Waals surface area contributed by atoms with Gasteiger partial charge in [-0.3, -0.25) is 4.79 Å². The minimum atomic E-state index is -3.56. The van der Waals surface area contributed by atoms with Gasteiger partial charge in [-0.2, -0.15) is 0 Å². The highest BCUT2D eigenvalue weighted by molar-refractivity contribution is 7.89. The number of carbonyl (C=O) groups excluding carboxylic acids is 1. The normalized spacial score (nSPS) is 13.6. The first kappa shape index (κ1) is 20.9. The van der Waals surface area contributed by atoms with Crippen LogP contribution in [0, 0.1) is 6.92 Å². The number of amides is 1. The summed E-state index contributed by atoms with van der Waals surface area (Å²) < 4.78 is 32.7. The molecule has 0 aliphatic carbocycles. The van der Waals surface area contributed by atoms with Crippen LogP contribution in [0.2, 0.25) is 0 Å². The van der Waals surface area contributed by atoms with Crippen LogP contribution >= 0.6 is 0 Å². The summed E-state index contributed by atoms with van der Waals surface area (Å²) in [6, 6.07) is 13.3. The summed E-state index contributed by atoms with van der Waals surface area (Å²) in [6.45, 7) is 7.35. The molecule has 0 aliphatic rings. The Morgan fingerprint density at radius 1 is 1.04 bits per heavy atom. The van der Waals surface area contributed by atoms with Gasteiger partial charge in [0, 0.05) is 11.7 Å². The zero-order chi connectivity index (χ0) is 20.0. The van der Waals surface area contributed by atoms with Crippen LogP contribution in [0.25, 0.3) is 0 Å². The van der Waals surface area contributed by atoms with Crippen molar-refractivity contribution in [2.45, 2.75) is 51.2 Å². The fourth-order valence-electron chi connectivity index (χ4n) is 2.25. The van der Waals surface area contributed by atoms with Crippen molar-refractivity contribution in [3.05, 3.63) is 54.1 Å². The SMILES string of the molecule is CCC(C)NS(=O)(=O)c1ccc(NC(=O)C(C)Oc2ccc(C)cc2)cc1. The molecule has 7 heteroatoms. The van der Waals surface area contributed by atoms with E-state index in [9.17, 15) is 13.2 Å². The third-order valence-electron chi connectivity index (χ3n) is 4.10. The Balaban J connectivity index is 1.98. The van der Waals surface area contributed by atoms with E-state index in [-0.39, 0.29) is 16.8 Å². The Bertz CT molecular complexity index is 862. The molecule has 2 aromatic rings. The standard InChI is InChI=1S/C20H26N2O4S/c1-5-15(3)22-27(24,25)19-12-8-17(9-13-19)21-20(23)16(4)26-18-10-6-14(2)7-11-18/h6-13,15-16,22H,5H2,1-4H3,(H,21,23). The molecule has 0 saturated carbocycles. The molecule has 0 saturated heterocycles. The number of carbonyl (C=O) groups is 1. The minimum Gasteiger partial charge on any atom is -0.481 e. The Hall–Kier alpha value is -2.38. The van der Waals surface area contributed by atoms with E-state index in [1.807, 2.05) is 45.0 Å². The quantitative estimate of drug-likeness (QED) is 0.723. The van der Waals surface area contributed by atoms with E-state index in [0.29, 0.717) is 17.9 Å². The first-order valence-corrected chi connectivity index (χ1v) is 10.4. The van der Waals surface area contributed by atoms with Crippen LogP contribution in [0.4, 0.5) is 5.69 Å². The molecular formula is C20H26N2O4S. The second-order valence-electron chi connectivity index (χ2n) is 6.52. The molecule has 1 amide bonds. The second-order valence-corrected chi connectivity index (χ2v) is 8.23. The van der Waals surface area contributed by atoms with Crippen LogP contribution in [-0.2, 0) is 14.8 Å². The van der Waals surface area contributed by atoms with Crippen molar-refractivity contribution in [2.75, 3.05) is 5.32 Å². The van der Waals surface area contributed by atoms with Gasteiger partial charge in [0.1, 0.15) is 5.75 Å². The van der Waals surface area contributed by atoms with Gasteiger partial charge >= 0.3 is 0 Å². The molecule has 27 heavy (non-hydrogen) atoms. The molecule has 0 fully saturated rings. The first-order valence-electron chi connectivity index (χ1n) is 8.88. The number of hydrogen-bond acceptors (Lipinski definition) is 4. The van der Waals surface area contributed by atoms with E-state index in [1.165, 1.54) is 12.1 Å². The minimum absolute atomic E-state index is 0.144. The fourth-order valence-corrected chi connectivity index (χ4v) is 3.58. The maximum absolute atomic E-state index is 12.3. The predicted molar refractivity (Wildman–Crippen MR) is 106 cm³/mol. The monoisotopic (exact) mass is 390 g/mol. The summed E-state index contributed by atoms with van der Waals surface area (Å²) in [4.78, 5) is 12.4. The van der Waals surface area contributed by atoms with Crippen LogP contribution < -0.4 is 14.8 Å². The summed E-state index contributed by atoms with van der Waals surface area (Å²) >= 11 is 0. The molecule has 0 spiro atoms. The highest BCUT2D eigenvalue weighted by atomic mass is 32.2. The molecule has 0 aliphatic heterocycles. The van der Waals surface area contributed by atoms with E-state index in [0.717, 1.165) is 5.56 Å². The van der Waals surface area contributed by atoms with E-state index in [4.69, 9.17) is 4.74 Å². The lowest BCUT2D eigenvalue weighted by Gasteiger charge is -2.15. The van der Waals surface area contributed by atoms with Gasteiger partial charge in [0.15, 0.2) is 6.10 Å². The van der Waals surface area contributed by atoms with Gasteiger partial charge in [-0.25, -0.2) is 13.1 Å². The second kappa shape index (κ2) is 9.01. The summed E-state index contributed by atoms with van der Waals surface area (Å²) in [5.41, 5.74) is 1.61. The molecule has 2 rings (SSSR count). The lowest BCUT2D eigenvalue weighted by Crippen LogP contribution is -2.32. The predicted octanol–water partition coefficient (Wildman–Crippen LogP) is 3.48. The Morgan fingerprint density at radius 3 is 2.19 bits per heavy atom. The van der Waals surface area contributed by atoms with Gasteiger partial charge in [0.2, 0.25) is 10.0 Å². The molecule has 0 heterocycles. The molecule has 2 unspecified atom stereocenters. The molecule has 0 aromatic heterocycles. The van der Waals surface area contributed by atoms with E-state index < -0.39 is 16.1 Å². The average molecular weight is 391 g/mol. The van der Waals surface area contributed by atoms with Crippen molar-refractivity contribution in [2.24, 2.45) is 0 Å². The van der Waals surface area contributed by atoms with Crippen LogP contribution in [0.15, 0.2) is 53.4 Å². The third kappa shape index (κ3) is 6.08. The Kier molecular flexibility index (Phi) is 6.98. The summed E-state index contributed by atoms with van der Waals surface area (Å²) in [6.07, 6.45) is 0.00914. The molecule has 6 nitrogen and oxygen atoms in total. The van der Waals surface area contributed by atoms with Crippen molar-refractivity contribution in [1.82, 2.24) is 4.72 Å². The van der Waals surface area contributed by atoms with Gasteiger partial charge in [-0.15, -0.1) is 0 Å². The van der Waals surface area contributed by atoms with Gasteiger partial charge in [0.05, 0.1) is 4.90 Å². The Labute approximate surface area is 161 Å². The van der Waals surface area contributed by atoms with Crippen molar-refractivity contribution < 1.29 is 17.9 Å². The highest BCUT2D eigenvalue weighted by Gasteiger charge is 2.18. The molecule has 2 aromatic carbocycles. The molecule has 2 atom stereocenters. The van der Waals surface area contributed by atoms with E-state index >= 15 is 0 Å². The number of anilines is 1. The molecule has 0 bridgehead atoms. The van der Waals surface area contributed by atoms with Crippen molar-refractivity contribution in [3.8, 4) is 5.75 Å². The zero-order valence-electron chi connectivity index (χ0n) is 16.0. The highest BCUT2D eigenvalue weighted by Crippen LogP contribution is 2.17. The van der Waals surface area contributed by atoms with E-state index in [2.05, 4.69) is 10.0 Å². The third-order valence-corrected chi connectivity index (χ3v) is 5.71. The maximum atomic E-state index is 12.3. The lowest BCUT2D eigenvalue weighted by molar-refractivity contribution is -0.122. The fraction of sp³-hybridized carbons (Fsp3) is 0.350. The van der Waals surface area contributed by atoms with Crippen molar-refractivity contribution in [1.29, 1.82) is 0 Å².